The lowest BCUT2D eigenvalue weighted by Gasteiger charge is -2.18. The van der Waals surface area contributed by atoms with Crippen molar-refractivity contribution >= 4 is 28.6 Å². The number of thioether (sulfide) groups is 1. The summed E-state index contributed by atoms with van der Waals surface area (Å²) >= 11 is 1.23. The molecule has 0 aliphatic rings. The minimum atomic E-state index is -0.310. The first-order valence-electron chi connectivity index (χ1n) is 10.1. The summed E-state index contributed by atoms with van der Waals surface area (Å²) in [6, 6.07) is 20.9. The van der Waals surface area contributed by atoms with E-state index in [0.717, 1.165) is 11.1 Å². The molecule has 4 aromatic rings. The van der Waals surface area contributed by atoms with Crippen LogP contribution in [0.2, 0.25) is 0 Å². The van der Waals surface area contributed by atoms with Crippen molar-refractivity contribution in [2.45, 2.75) is 18.6 Å². The van der Waals surface area contributed by atoms with Gasteiger partial charge in [0.25, 0.3) is 5.56 Å². The Hall–Kier alpha value is -3.45. The smallest absolute Gasteiger partial charge is 0.266 e. The highest BCUT2D eigenvalue weighted by Crippen LogP contribution is 2.22. The first kappa shape index (κ1) is 21.8. The number of carbonyl (C=O) groups is 1. The largest absolute Gasteiger partial charge is 0.341 e. The van der Waals surface area contributed by atoms with Crippen molar-refractivity contribution in [3.05, 3.63) is 100 Å². The summed E-state index contributed by atoms with van der Waals surface area (Å²) in [7, 11) is 1.70. The number of halogens is 1. The third kappa shape index (κ3) is 4.73. The lowest BCUT2D eigenvalue weighted by Crippen LogP contribution is -2.28. The van der Waals surface area contributed by atoms with Crippen molar-refractivity contribution in [3.8, 4) is 5.69 Å². The molecular formula is C25H22FN3O2S. The molecular weight excluding hydrogens is 425 g/mol. The van der Waals surface area contributed by atoms with E-state index in [-0.39, 0.29) is 23.0 Å². The first-order chi connectivity index (χ1) is 15.4. The van der Waals surface area contributed by atoms with E-state index in [2.05, 4.69) is 4.98 Å². The van der Waals surface area contributed by atoms with Crippen LogP contribution in [-0.2, 0) is 11.3 Å². The van der Waals surface area contributed by atoms with E-state index in [9.17, 15) is 14.0 Å². The Kier molecular flexibility index (Phi) is 6.37. The molecule has 0 saturated heterocycles. The zero-order chi connectivity index (χ0) is 22.7. The molecule has 1 aromatic heterocycles. The fourth-order valence-electron chi connectivity index (χ4n) is 3.32. The SMILES string of the molecule is Cc1ccc(-n2c(SCC(=O)N(C)Cc3ccc(F)cc3)nc3ccccc3c2=O)cc1. The number of benzene rings is 3. The molecule has 3 aromatic carbocycles. The monoisotopic (exact) mass is 447 g/mol. The Morgan fingerprint density at radius 1 is 1.03 bits per heavy atom. The van der Waals surface area contributed by atoms with Crippen molar-refractivity contribution in [3.63, 3.8) is 0 Å². The number of fused-ring (bicyclic) bond motifs is 1. The van der Waals surface area contributed by atoms with Gasteiger partial charge < -0.3 is 4.90 Å². The van der Waals surface area contributed by atoms with Gasteiger partial charge in [-0.2, -0.15) is 0 Å². The van der Waals surface area contributed by atoms with Gasteiger partial charge in [-0.15, -0.1) is 0 Å². The molecule has 0 fully saturated rings. The number of hydrogen-bond donors (Lipinski definition) is 0. The number of nitrogens with zero attached hydrogens (tertiary/aromatic N) is 3. The van der Waals surface area contributed by atoms with Crippen molar-refractivity contribution in [1.82, 2.24) is 14.5 Å². The van der Waals surface area contributed by atoms with Crippen LogP contribution in [0.4, 0.5) is 4.39 Å². The van der Waals surface area contributed by atoms with Crippen LogP contribution in [0.5, 0.6) is 0 Å². The van der Waals surface area contributed by atoms with Gasteiger partial charge in [0.15, 0.2) is 5.16 Å². The minimum Gasteiger partial charge on any atom is -0.341 e. The van der Waals surface area contributed by atoms with E-state index in [1.165, 1.54) is 23.9 Å². The lowest BCUT2D eigenvalue weighted by atomic mass is 10.2. The second kappa shape index (κ2) is 9.36. The fraction of sp³-hybridized carbons (Fsp3) is 0.160. The third-order valence-corrected chi connectivity index (χ3v) is 6.04. The van der Waals surface area contributed by atoms with Gasteiger partial charge in [-0.05, 0) is 48.9 Å². The minimum absolute atomic E-state index is 0.114. The number of aromatic nitrogens is 2. The van der Waals surface area contributed by atoms with E-state index in [1.54, 1.807) is 40.8 Å². The Labute approximate surface area is 189 Å². The summed E-state index contributed by atoms with van der Waals surface area (Å²) in [4.78, 5) is 32.3. The summed E-state index contributed by atoms with van der Waals surface area (Å²) in [6.45, 7) is 2.35. The number of hydrogen-bond acceptors (Lipinski definition) is 4. The van der Waals surface area contributed by atoms with Gasteiger partial charge in [0.1, 0.15) is 5.82 Å². The first-order valence-corrected chi connectivity index (χ1v) is 11.1. The molecule has 1 amide bonds. The van der Waals surface area contributed by atoms with Crippen LogP contribution in [0.25, 0.3) is 16.6 Å². The van der Waals surface area contributed by atoms with Crippen LogP contribution >= 0.6 is 11.8 Å². The van der Waals surface area contributed by atoms with Gasteiger partial charge >= 0.3 is 0 Å². The highest BCUT2D eigenvalue weighted by atomic mass is 32.2. The van der Waals surface area contributed by atoms with E-state index >= 15 is 0 Å². The van der Waals surface area contributed by atoms with Gasteiger partial charge in [0.2, 0.25) is 5.91 Å². The number of rotatable bonds is 6. The zero-order valence-corrected chi connectivity index (χ0v) is 18.6. The van der Waals surface area contributed by atoms with Crippen molar-refractivity contribution in [1.29, 1.82) is 0 Å². The summed E-state index contributed by atoms with van der Waals surface area (Å²) < 4.78 is 14.7. The molecule has 0 atom stereocenters. The number of amides is 1. The third-order valence-electron chi connectivity index (χ3n) is 5.12. The molecule has 0 aliphatic heterocycles. The molecule has 0 bridgehead atoms. The summed E-state index contributed by atoms with van der Waals surface area (Å²) in [5.74, 6) is -0.305. The van der Waals surface area contributed by atoms with Crippen LogP contribution in [0.1, 0.15) is 11.1 Å². The molecule has 32 heavy (non-hydrogen) atoms. The van der Waals surface area contributed by atoms with Crippen LogP contribution in [0, 0.1) is 12.7 Å². The molecule has 0 aliphatic carbocycles. The van der Waals surface area contributed by atoms with E-state index in [4.69, 9.17) is 0 Å². The van der Waals surface area contributed by atoms with Crippen molar-refractivity contribution in [2.75, 3.05) is 12.8 Å². The summed E-state index contributed by atoms with van der Waals surface area (Å²) in [6.07, 6.45) is 0. The molecule has 0 N–H and O–H groups in total. The average Bonchev–Trinajstić information content (AvgIpc) is 2.80. The van der Waals surface area contributed by atoms with Gasteiger partial charge in [-0.3, -0.25) is 14.2 Å². The van der Waals surface area contributed by atoms with Crippen LogP contribution in [-0.4, -0.2) is 33.2 Å². The molecule has 1 heterocycles. The van der Waals surface area contributed by atoms with E-state index < -0.39 is 0 Å². The van der Waals surface area contributed by atoms with Crippen molar-refractivity contribution < 1.29 is 9.18 Å². The second-order valence-corrected chi connectivity index (χ2v) is 8.50. The predicted octanol–water partition coefficient (Wildman–Crippen LogP) is 4.58. The molecule has 0 spiro atoms. The van der Waals surface area contributed by atoms with Gasteiger partial charge in [0, 0.05) is 13.6 Å². The Morgan fingerprint density at radius 2 is 1.72 bits per heavy atom. The zero-order valence-electron chi connectivity index (χ0n) is 17.8. The molecule has 0 radical (unpaired) electrons. The predicted molar refractivity (Wildman–Crippen MR) is 126 cm³/mol. The van der Waals surface area contributed by atoms with Crippen LogP contribution < -0.4 is 5.56 Å². The maximum Gasteiger partial charge on any atom is 0.266 e. The summed E-state index contributed by atoms with van der Waals surface area (Å²) in [5, 5.41) is 0.985. The molecule has 7 heteroatoms. The van der Waals surface area contributed by atoms with Crippen molar-refractivity contribution in [2.24, 2.45) is 0 Å². The molecule has 4 rings (SSSR count). The van der Waals surface area contributed by atoms with Crippen LogP contribution in [0.15, 0.2) is 82.7 Å². The maximum absolute atomic E-state index is 13.3. The summed E-state index contributed by atoms with van der Waals surface area (Å²) in [5.41, 5.74) is 3.05. The van der Waals surface area contributed by atoms with Crippen LogP contribution in [0.3, 0.4) is 0 Å². The van der Waals surface area contributed by atoms with E-state index in [1.807, 2.05) is 43.3 Å². The average molecular weight is 448 g/mol. The Bertz CT molecular complexity index is 1320. The number of carbonyl (C=O) groups excluding carboxylic acids is 1. The normalized spacial score (nSPS) is 11.0. The Balaban J connectivity index is 1.61. The molecule has 0 saturated carbocycles. The highest BCUT2D eigenvalue weighted by molar-refractivity contribution is 7.99. The number of aryl methyl sites for hydroxylation is 1. The topological polar surface area (TPSA) is 55.2 Å². The van der Waals surface area contributed by atoms with E-state index in [0.29, 0.717) is 28.3 Å². The maximum atomic E-state index is 13.3. The van der Waals surface area contributed by atoms with Gasteiger partial charge in [0.05, 0.1) is 22.3 Å². The Morgan fingerprint density at radius 3 is 2.44 bits per heavy atom. The van der Waals surface area contributed by atoms with Gasteiger partial charge in [-0.1, -0.05) is 53.7 Å². The quantitative estimate of drug-likeness (QED) is 0.321. The molecule has 5 nitrogen and oxygen atoms in total. The fourth-order valence-corrected chi connectivity index (χ4v) is 4.27. The second-order valence-electron chi connectivity index (χ2n) is 7.55. The highest BCUT2D eigenvalue weighted by Gasteiger charge is 2.16. The number of para-hydroxylation sites is 1. The standard InChI is InChI=1S/C25H22FN3O2S/c1-17-7-13-20(14-8-17)29-24(31)21-5-3-4-6-22(21)27-25(29)32-16-23(30)28(2)15-18-9-11-19(26)12-10-18/h3-14H,15-16H2,1-2H3. The lowest BCUT2D eigenvalue weighted by molar-refractivity contribution is -0.127. The molecule has 162 valence electrons. The van der Waals surface area contributed by atoms with Gasteiger partial charge in [-0.25, -0.2) is 9.37 Å². The molecule has 0 unspecified atom stereocenters.